The minimum atomic E-state index is -4.65. The average Bonchev–Trinajstić information content (AvgIpc) is 2.51. The van der Waals surface area contributed by atoms with Gasteiger partial charge in [0.15, 0.2) is 0 Å². The summed E-state index contributed by atoms with van der Waals surface area (Å²) in [5, 5.41) is 0. The van der Waals surface area contributed by atoms with E-state index < -0.39 is 22.9 Å². The van der Waals surface area contributed by atoms with E-state index in [0.717, 1.165) is 25.2 Å². The number of ether oxygens (including phenoxy) is 1. The fraction of sp³-hybridized carbons (Fsp3) is 0.467. The fourth-order valence-electron chi connectivity index (χ4n) is 2.31. The molecule has 0 atom stereocenters. The van der Waals surface area contributed by atoms with E-state index in [1.807, 2.05) is 18.7 Å². The second kappa shape index (κ2) is 7.08. The monoisotopic (exact) mass is 345 g/mol. The summed E-state index contributed by atoms with van der Waals surface area (Å²) in [4.78, 5) is 29.0. The van der Waals surface area contributed by atoms with Crippen LogP contribution in [0.1, 0.15) is 19.4 Å². The number of aromatic amines is 2. The minimum absolute atomic E-state index is 0.0733. The predicted octanol–water partition coefficient (Wildman–Crippen LogP) is 1.96. The normalized spacial score (nSPS) is 12.1. The molecule has 24 heavy (non-hydrogen) atoms. The molecule has 1 aromatic carbocycles. The zero-order chi connectivity index (χ0) is 17.9. The van der Waals surface area contributed by atoms with Crippen molar-refractivity contribution in [3.05, 3.63) is 38.4 Å². The summed E-state index contributed by atoms with van der Waals surface area (Å²) in [6, 6.07) is 1.84. The van der Waals surface area contributed by atoms with Gasteiger partial charge in [0, 0.05) is 12.6 Å². The molecule has 9 heteroatoms. The van der Waals surface area contributed by atoms with Crippen molar-refractivity contribution in [1.29, 1.82) is 0 Å². The third-order valence-electron chi connectivity index (χ3n) is 3.69. The summed E-state index contributed by atoms with van der Waals surface area (Å²) in [6.07, 6.45) is -4.65. The number of rotatable bonds is 6. The van der Waals surface area contributed by atoms with Gasteiger partial charge in [-0.25, -0.2) is 0 Å². The molecule has 0 aliphatic rings. The van der Waals surface area contributed by atoms with Gasteiger partial charge in [-0.2, -0.15) is 13.2 Å². The third-order valence-corrected chi connectivity index (χ3v) is 3.69. The summed E-state index contributed by atoms with van der Waals surface area (Å²) < 4.78 is 45.0. The molecule has 0 unspecified atom stereocenters. The number of H-pyrrole nitrogens is 2. The van der Waals surface area contributed by atoms with Gasteiger partial charge in [0.05, 0.1) is 16.6 Å². The van der Waals surface area contributed by atoms with Crippen LogP contribution in [0.5, 0.6) is 5.75 Å². The van der Waals surface area contributed by atoms with Crippen LogP contribution in [-0.4, -0.2) is 41.1 Å². The van der Waals surface area contributed by atoms with Gasteiger partial charge in [-0.05, 0) is 19.2 Å². The predicted molar refractivity (Wildman–Crippen MR) is 83.5 cm³/mol. The molecular formula is C15H18F3N3O3. The Labute approximate surface area is 135 Å². The second-order valence-electron chi connectivity index (χ2n) is 5.18. The molecule has 0 saturated carbocycles. The zero-order valence-corrected chi connectivity index (χ0v) is 13.3. The molecule has 0 spiro atoms. The SMILES string of the molecule is CCN(CC)CCOc1cc2[nH]c(=O)c(=O)[nH]c2cc1C(F)(F)F. The molecule has 0 aliphatic carbocycles. The van der Waals surface area contributed by atoms with Crippen LogP contribution in [0, 0.1) is 0 Å². The Morgan fingerprint density at radius 1 is 1.04 bits per heavy atom. The topological polar surface area (TPSA) is 78.2 Å². The Morgan fingerprint density at radius 3 is 2.08 bits per heavy atom. The number of aromatic nitrogens is 2. The molecule has 0 bridgehead atoms. The van der Waals surface area contributed by atoms with E-state index in [1.165, 1.54) is 0 Å². The molecule has 6 nitrogen and oxygen atoms in total. The summed E-state index contributed by atoms with van der Waals surface area (Å²) in [7, 11) is 0. The Hall–Kier alpha value is -2.29. The number of fused-ring (bicyclic) bond motifs is 1. The molecular weight excluding hydrogens is 327 g/mol. The summed E-state index contributed by atoms with van der Waals surface area (Å²) in [5.41, 5.74) is -2.98. The molecule has 0 amide bonds. The molecule has 0 fully saturated rings. The van der Waals surface area contributed by atoms with Gasteiger partial charge in [0.25, 0.3) is 0 Å². The first-order chi connectivity index (χ1) is 11.3. The fourth-order valence-corrected chi connectivity index (χ4v) is 2.31. The molecule has 2 aromatic rings. The number of nitrogens with zero attached hydrogens (tertiary/aromatic N) is 1. The van der Waals surface area contributed by atoms with Crippen molar-refractivity contribution in [2.24, 2.45) is 0 Å². The lowest BCUT2D eigenvalue weighted by atomic mass is 10.1. The van der Waals surface area contributed by atoms with E-state index in [0.29, 0.717) is 6.54 Å². The molecule has 1 aromatic heterocycles. The lowest BCUT2D eigenvalue weighted by molar-refractivity contribution is -0.138. The Kier molecular flexibility index (Phi) is 5.33. The maximum atomic E-state index is 13.2. The quantitative estimate of drug-likeness (QED) is 0.785. The minimum Gasteiger partial charge on any atom is -0.492 e. The summed E-state index contributed by atoms with van der Waals surface area (Å²) >= 11 is 0. The van der Waals surface area contributed by atoms with Crippen LogP contribution in [0.15, 0.2) is 21.7 Å². The van der Waals surface area contributed by atoms with Crippen molar-refractivity contribution in [3.63, 3.8) is 0 Å². The van der Waals surface area contributed by atoms with E-state index >= 15 is 0 Å². The van der Waals surface area contributed by atoms with Crippen LogP contribution in [0.3, 0.4) is 0 Å². The lowest BCUT2D eigenvalue weighted by Gasteiger charge is -2.19. The van der Waals surface area contributed by atoms with Crippen LogP contribution < -0.4 is 15.9 Å². The Morgan fingerprint density at radius 2 is 1.58 bits per heavy atom. The first kappa shape index (κ1) is 18.1. The van der Waals surface area contributed by atoms with E-state index in [9.17, 15) is 22.8 Å². The van der Waals surface area contributed by atoms with E-state index in [2.05, 4.69) is 9.97 Å². The molecule has 1 heterocycles. The highest BCUT2D eigenvalue weighted by Crippen LogP contribution is 2.37. The smallest absolute Gasteiger partial charge is 0.420 e. The van der Waals surface area contributed by atoms with Gasteiger partial charge in [0.2, 0.25) is 0 Å². The summed E-state index contributed by atoms with van der Waals surface area (Å²) in [6.45, 7) is 5.97. The maximum Gasteiger partial charge on any atom is 0.420 e. The number of halogens is 3. The molecule has 2 rings (SSSR count). The maximum absolute atomic E-state index is 13.2. The summed E-state index contributed by atoms with van der Waals surface area (Å²) in [5.74, 6) is -0.384. The average molecular weight is 345 g/mol. The number of likely N-dealkylation sites (N-methyl/N-ethyl adjacent to an activating group) is 1. The highest BCUT2D eigenvalue weighted by Gasteiger charge is 2.35. The molecule has 0 aliphatic heterocycles. The van der Waals surface area contributed by atoms with Crippen molar-refractivity contribution in [1.82, 2.24) is 14.9 Å². The highest BCUT2D eigenvalue weighted by atomic mass is 19.4. The van der Waals surface area contributed by atoms with E-state index in [1.54, 1.807) is 0 Å². The molecule has 0 saturated heterocycles. The standard InChI is InChI=1S/C15H18F3N3O3/c1-3-21(4-2)5-6-24-12-8-11-10(7-9(12)15(16,17)18)19-13(22)14(23)20-11/h7-8H,3-6H2,1-2H3,(H,19,22)(H,20,23). The van der Waals surface area contributed by atoms with Gasteiger partial charge in [0.1, 0.15) is 12.4 Å². The second-order valence-corrected chi connectivity index (χ2v) is 5.18. The molecule has 132 valence electrons. The van der Waals surface area contributed by atoms with Gasteiger partial charge in [-0.3, -0.25) is 9.59 Å². The van der Waals surface area contributed by atoms with Gasteiger partial charge in [-0.1, -0.05) is 13.8 Å². The van der Waals surface area contributed by atoms with Crippen molar-refractivity contribution >= 4 is 11.0 Å². The van der Waals surface area contributed by atoms with E-state index in [4.69, 9.17) is 4.74 Å². The zero-order valence-electron chi connectivity index (χ0n) is 13.3. The van der Waals surface area contributed by atoms with Crippen LogP contribution in [0.4, 0.5) is 13.2 Å². The van der Waals surface area contributed by atoms with E-state index in [-0.39, 0.29) is 23.4 Å². The number of benzene rings is 1. The lowest BCUT2D eigenvalue weighted by Crippen LogP contribution is -2.29. The van der Waals surface area contributed by atoms with Crippen molar-refractivity contribution in [2.75, 3.05) is 26.2 Å². The Balaban J connectivity index is 2.40. The van der Waals surface area contributed by atoms with Crippen LogP contribution in [0.25, 0.3) is 11.0 Å². The van der Waals surface area contributed by atoms with Gasteiger partial charge < -0.3 is 19.6 Å². The van der Waals surface area contributed by atoms with Gasteiger partial charge >= 0.3 is 17.3 Å². The van der Waals surface area contributed by atoms with Crippen molar-refractivity contribution in [2.45, 2.75) is 20.0 Å². The van der Waals surface area contributed by atoms with Crippen LogP contribution >= 0.6 is 0 Å². The molecule has 0 radical (unpaired) electrons. The number of nitrogens with one attached hydrogen (secondary N) is 2. The van der Waals surface area contributed by atoms with Crippen molar-refractivity contribution in [3.8, 4) is 5.75 Å². The number of hydrogen-bond donors (Lipinski definition) is 2. The number of alkyl halides is 3. The molecule has 2 N–H and O–H groups in total. The Bertz CT molecular complexity index is 823. The largest absolute Gasteiger partial charge is 0.492 e. The number of hydrogen-bond acceptors (Lipinski definition) is 4. The first-order valence-electron chi connectivity index (χ1n) is 7.49. The van der Waals surface area contributed by atoms with Crippen LogP contribution in [0.2, 0.25) is 0 Å². The van der Waals surface area contributed by atoms with Gasteiger partial charge in [-0.15, -0.1) is 0 Å². The third kappa shape index (κ3) is 3.97. The highest BCUT2D eigenvalue weighted by molar-refractivity contribution is 5.77. The van der Waals surface area contributed by atoms with Crippen molar-refractivity contribution < 1.29 is 17.9 Å². The first-order valence-corrected chi connectivity index (χ1v) is 7.49. The van der Waals surface area contributed by atoms with Crippen LogP contribution in [-0.2, 0) is 6.18 Å².